The Morgan fingerprint density at radius 3 is 2.63 bits per heavy atom. The SMILES string of the molecule is COc1ccccc1NC(=O)[C@@H](C)OC(=O)Cn1c(=O)oc2ccccc21. The molecule has 0 fully saturated rings. The van der Waals surface area contributed by atoms with Crippen LogP contribution >= 0.6 is 0 Å². The van der Waals surface area contributed by atoms with Crippen molar-refractivity contribution >= 4 is 28.7 Å². The molecule has 27 heavy (non-hydrogen) atoms. The monoisotopic (exact) mass is 370 g/mol. The molecule has 0 aliphatic rings. The Hall–Kier alpha value is -3.55. The van der Waals surface area contributed by atoms with Gasteiger partial charge in [0.1, 0.15) is 12.3 Å². The minimum absolute atomic E-state index is 0.359. The first-order valence-electron chi connectivity index (χ1n) is 8.21. The predicted molar refractivity (Wildman–Crippen MR) is 97.7 cm³/mol. The Kier molecular flexibility index (Phi) is 5.25. The Morgan fingerprint density at radius 1 is 1.15 bits per heavy atom. The Morgan fingerprint density at radius 2 is 1.85 bits per heavy atom. The fraction of sp³-hybridized carbons (Fsp3) is 0.211. The highest BCUT2D eigenvalue weighted by atomic mass is 16.5. The lowest BCUT2D eigenvalue weighted by molar-refractivity contribution is -0.153. The molecule has 1 N–H and O–H groups in total. The van der Waals surface area contributed by atoms with Gasteiger partial charge in [-0.05, 0) is 31.2 Å². The van der Waals surface area contributed by atoms with Gasteiger partial charge in [-0.1, -0.05) is 24.3 Å². The van der Waals surface area contributed by atoms with Crippen molar-refractivity contribution in [3.8, 4) is 5.75 Å². The molecular formula is C19H18N2O6. The van der Waals surface area contributed by atoms with Crippen molar-refractivity contribution in [3.63, 3.8) is 0 Å². The van der Waals surface area contributed by atoms with Crippen LogP contribution in [0.15, 0.2) is 57.7 Å². The number of oxazole rings is 1. The van der Waals surface area contributed by atoms with Gasteiger partial charge in [0.25, 0.3) is 5.91 Å². The molecule has 0 aliphatic heterocycles. The van der Waals surface area contributed by atoms with E-state index in [-0.39, 0.29) is 6.54 Å². The van der Waals surface area contributed by atoms with Crippen molar-refractivity contribution in [1.29, 1.82) is 0 Å². The number of fused-ring (bicyclic) bond motifs is 1. The van der Waals surface area contributed by atoms with Crippen LogP contribution in [0.5, 0.6) is 5.75 Å². The molecule has 2 aromatic carbocycles. The molecule has 0 bridgehead atoms. The maximum atomic E-state index is 12.3. The van der Waals surface area contributed by atoms with Crippen LogP contribution in [0.3, 0.4) is 0 Å². The summed E-state index contributed by atoms with van der Waals surface area (Å²) in [7, 11) is 1.49. The third kappa shape index (κ3) is 4.00. The maximum absolute atomic E-state index is 12.3. The number of amides is 1. The zero-order chi connectivity index (χ0) is 19.4. The van der Waals surface area contributed by atoms with Gasteiger partial charge in [0.2, 0.25) is 0 Å². The van der Waals surface area contributed by atoms with E-state index in [9.17, 15) is 14.4 Å². The van der Waals surface area contributed by atoms with Gasteiger partial charge in [-0.25, -0.2) is 4.79 Å². The number of para-hydroxylation sites is 4. The lowest BCUT2D eigenvalue weighted by Gasteiger charge is -2.15. The van der Waals surface area contributed by atoms with Crippen molar-refractivity contribution < 1.29 is 23.5 Å². The van der Waals surface area contributed by atoms with Gasteiger partial charge in [0.15, 0.2) is 11.7 Å². The molecule has 0 saturated heterocycles. The van der Waals surface area contributed by atoms with E-state index >= 15 is 0 Å². The van der Waals surface area contributed by atoms with Crippen molar-refractivity contribution in [2.45, 2.75) is 19.6 Å². The highest BCUT2D eigenvalue weighted by molar-refractivity contribution is 5.96. The Bertz CT molecular complexity index is 1040. The second-order valence-electron chi connectivity index (χ2n) is 5.74. The van der Waals surface area contributed by atoms with E-state index in [1.807, 2.05) is 0 Å². The molecule has 0 saturated carbocycles. The Balaban J connectivity index is 1.65. The van der Waals surface area contributed by atoms with Crippen molar-refractivity contribution in [2.24, 2.45) is 0 Å². The van der Waals surface area contributed by atoms with E-state index < -0.39 is 23.7 Å². The smallest absolute Gasteiger partial charge is 0.420 e. The van der Waals surface area contributed by atoms with Gasteiger partial charge in [0, 0.05) is 0 Å². The van der Waals surface area contributed by atoms with Crippen LogP contribution < -0.4 is 15.8 Å². The molecule has 1 atom stereocenters. The van der Waals surface area contributed by atoms with Gasteiger partial charge in [-0.15, -0.1) is 0 Å². The third-order valence-electron chi connectivity index (χ3n) is 3.90. The lowest BCUT2D eigenvalue weighted by atomic mass is 10.2. The van der Waals surface area contributed by atoms with Crippen LogP contribution in [0.4, 0.5) is 5.69 Å². The van der Waals surface area contributed by atoms with Crippen LogP contribution in [-0.2, 0) is 20.9 Å². The number of nitrogens with one attached hydrogen (secondary N) is 1. The van der Waals surface area contributed by atoms with Crippen molar-refractivity contribution in [1.82, 2.24) is 4.57 Å². The molecule has 3 aromatic rings. The van der Waals surface area contributed by atoms with Crippen LogP contribution in [0.2, 0.25) is 0 Å². The molecule has 1 heterocycles. The molecule has 1 aromatic heterocycles. The number of ether oxygens (including phenoxy) is 2. The largest absolute Gasteiger partial charge is 0.495 e. The van der Waals surface area contributed by atoms with E-state index in [1.165, 1.54) is 14.0 Å². The summed E-state index contributed by atoms with van der Waals surface area (Å²) in [6.07, 6.45) is -1.06. The van der Waals surface area contributed by atoms with Crippen LogP contribution in [0.1, 0.15) is 6.92 Å². The molecule has 1 amide bonds. The lowest BCUT2D eigenvalue weighted by Crippen LogP contribution is -2.32. The predicted octanol–water partition coefficient (Wildman–Crippen LogP) is 2.17. The minimum atomic E-state index is -1.06. The number of methoxy groups -OCH3 is 1. The molecule has 8 heteroatoms. The fourth-order valence-electron chi connectivity index (χ4n) is 2.56. The molecule has 0 spiro atoms. The average molecular weight is 370 g/mol. The summed E-state index contributed by atoms with van der Waals surface area (Å²) in [4.78, 5) is 36.3. The molecule has 3 rings (SSSR count). The molecule has 0 radical (unpaired) electrons. The average Bonchev–Trinajstić information content (AvgIpc) is 2.97. The number of benzene rings is 2. The number of anilines is 1. The number of esters is 1. The summed E-state index contributed by atoms with van der Waals surface area (Å²) in [5.74, 6) is -1.43. The van der Waals surface area contributed by atoms with E-state index in [0.717, 1.165) is 4.57 Å². The molecule has 140 valence electrons. The van der Waals surface area contributed by atoms with Crippen LogP contribution in [0.25, 0.3) is 11.1 Å². The summed E-state index contributed by atoms with van der Waals surface area (Å²) in [6.45, 7) is 1.08. The van der Waals surface area contributed by atoms with Gasteiger partial charge >= 0.3 is 11.7 Å². The number of aromatic nitrogens is 1. The second-order valence-corrected chi connectivity index (χ2v) is 5.74. The van der Waals surface area contributed by atoms with Gasteiger partial charge in [-0.3, -0.25) is 14.2 Å². The topological polar surface area (TPSA) is 99.8 Å². The highest BCUT2D eigenvalue weighted by Crippen LogP contribution is 2.23. The van der Waals surface area contributed by atoms with E-state index in [0.29, 0.717) is 22.5 Å². The highest BCUT2D eigenvalue weighted by Gasteiger charge is 2.21. The number of carbonyl (C=O) groups excluding carboxylic acids is 2. The second kappa shape index (κ2) is 7.77. The third-order valence-corrected chi connectivity index (χ3v) is 3.90. The first-order valence-corrected chi connectivity index (χ1v) is 8.21. The standard InChI is InChI=1S/C19H18N2O6/c1-12(18(23)20-13-7-3-5-9-15(13)25-2)26-17(22)11-21-14-8-4-6-10-16(14)27-19(21)24/h3-10,12H,11H2,1-2H3,(H,20,23)/t12-/m1/s1. The van der Waals surface area contributed by atoms with Crippen molar-refractivity contribution in [3.05, 3.63) is 59.1 Å². The van der Waals surface area contributed by atoms with Crippen molar-refractivity contribution in [2.75, 3.05) is 12.4 Å². The summed E-state index contributed by atoms with van der Waals surface area (Å²) in [5, 5.41) is 2.64. The molecule has 0 aliphatic carbocycles. The first kappa shape index (κ1) is 18.2. The Labute approximate surface area is 154 Å². The van der Waals surface area contributed by atoms with E-state index in [2.05, 4.69) is 5.32 Å². The maximum Gasteiger partial charge on any atom is 0.420 e. The normalized spacial score (nSPS) is 11.8. The summed E-state index contributed by atoms with van der Waals surface area (Å²) in [5.41, 5.74) is 1.31. The summed E-state index contributed by atoms with van der Waals surface area (Å²) < 4.78 is 16.5. The number of rotatable bonds is 6. The van der Waals surface area contributed by atoms with E-state index in [1.54, 1.807) is 48.5 Å². The molecular weight excluding hydrogens is 352 g/mol. The minimum Gasteiger partial charge on any atom is -0.495 e. The van der Waals surface area contributed by atoms with Gasteiger partial charge in [-0.2, -0.15) is 0 Å². The quantitative estimate of drug-likeness (QED) is 0.668. The number of hydrogen-bond acceptors (Lipinski definition) is 6. The number of hydrogen-bond donors (Lipinski definition) is 1. The van der Waals surface area contributed by atoms with Crippen LogP contribution in [0, 0.1) is 0 Å². The number of carbonyl (C=O) groups is 2. The summed E-state index contributed by atoms with van der Waals surface area (Å²) in [6, 6.07) is 13.6. The fourth-order valence-corrected chi connectivity index (χ4v) is 2.56. The number of nitrogens with zero attached hydrogens (tertiary/aromatic N) is 1. The van der Waals surface area contributed by atoms with Crippen LogP contribution in [-0.4, -0.2) is 29.7 Å². The van der Waals surface area contributed by atoms with Gasteiger partial charge in [0.05, 0.1) is 18.3 Å². The first-order chi connectivity index (χ1) is 13.0. The molecule has 8 nitrogen and oxygen atoms in total. The van der Waals surface area contributed by atoms with E-state index in [4.69, 9.17) is 13.9 Å². The summed E-state index contributed by atoms with van der Waals surface area (Å²) >= 11 is 0. The molecule has 0 unspecified atom stereocenters. The zero-order valence-corrected chi connectivity index (χ0v) is 14.8. The van der Waals surface area contributed by atoms with Gasteiger partial charge < -0.3 is 19.2 Å². The zero-order valence-electron chi connectivity index (χ0n) is 14.8.